The molecule has 0 amide bonds. The maximum Gasteiger partial charge on any atom is 0.0914 e. The zero-order valence-electron chi connectivity index (χ0n) is 9.14. The van der Waals surface area contributed by atoms with Crippen molar-refractivity contribution >= 4 is 22.9 Å². The minimum absolute atomic E-state index is 0.513. The second kappa shape index (κ2) is 6.12. The molecule has 1 aromatic heterocycles. The summed E-state index contributed by atoms with van der Waals surface area (Å²) < 4.78 is 0. The van der Waals surface area contributed by atoms with Gasteiger partial charge in [0.2, 0.25) is 0 Å². The van der Waals surface area contributed by atoms with Crippen LogP contribution in [-0.2, 0) is 6.54 Å². The Balaban J connectivity index is 1.81. The molecule has 0 radical (unpaired) electrons. The Morgan fingerprint density at radius 3 is 2.76 bits per heavy atom. The van der Waals surface area contributed by atoms with Gasteiger partial charge in [0, 0.05) is 29.2 Å². The highest BCUT2D eigenvalue weighted by atomic mass is 35.5. The van der Waals surface area contributed by atoms with Gasteiger partial charge in [-0.3, -0.25) is 4.98 Å². The topological polar surface area (TPSA) is 45.1 Å². The van der Waals surface area contributed by atoms with Crippen LogP contribution in [-0.4, -0.2) is 16.6 Å². The van der Waals surface area contributed by atoms with Crippen LogP contribution in [0, 0.1) is 0 Å². The van der Waals surface area contributed by atoms with Crippen LogP contribution in [0.25, 0.3) is 0 Å². The summed E-state index contributed by atoms with van der Waals surface area (Å²) in [5.74, 6) is 0. The standard InChI is InChI=1S/C12H13ClN2OS/c13-10-3-1-9(2-4-10)12(16)7-14-5-11-6-15-8-17-11/h1-4,6,8,12,14,16H,5,7H2. The number of aliphatic hydroxyl groups is 1. The Morgan fingerprint density at radius 1 is 1.35 bits per heavy atom. The Bertz CT molecular complexity index is 444. The number of benzene rings is 1. The lowest BCUT2D eigenvalue weighted by atomic mass is 10.1. The molecule has 0 bridgehead atoms. The molecule has 0 fully saturated rings. The van der Waals surface area contributed by atoms with Crippen molar-refractivity contribution in [2.24, 2.45) is 0 Å². The van der Waals surface area contributed by atoms with E-state index in [2.05, 4.69) is 10.3 Å². The Hall–Kier alpha value is -0.940. The van der Waals surface area contributed by atoms with E-state index in [9.17, 15) is 5.11 Å². The predicted octanol–water partition coefficient (Wildman–Crippen LogP) is 2.62. The maximum absolute atomic E-state index is 9.92. The highest BCUT2D eigenvalue weighted by Gasteiger charge is 2.06. The molecule has 17 heavy (non-hydrogen) atoms. The van der Waals surface area contributed by atoms with Gasteiger partial charge in [0.05, 0.1) is 11.6 Å². The minimum atomic E-state index is -0.514. The summed E-state index contributed by atoms with van der Waals surface area (Å²) in [6.07, 6.45) is 1.31. The molecular weight excluding hydrogens is 256 g/mol. The summed E-state index contributed by atoms with van der Waals surface area (Å²) in [6.45, 7) is 1.24. The summed E-state index contributed by atoms with van der Waals surface area (Å²) in [7, 11) is 0. The fraction of sp³-hybridized carbons (Fsp3) is 0.250. The molecule has 2 N–H and O–H groups in total. The van der Waals surface area contributed by atoms with Gasteiger partial charge < -0.3 is 10.4 Å². The largest absolute Gasteiger partial charge is 0.387 e. The average molecular weight is 269 g/mol. The number of hydrogen-bond acceptors (Lipinski definition) is 4. The van der Waals surface area contributed by atoms with Gasteiger partial charge in [0.15, 0.2) is 0 Å². The number of aliphatic hydroxyl groups excluding tert-OH is 1. The summed E-state index contributed by atoms with van der Waals surface area (Å²) in [5, 5.41) is 13.8. The second-order valence-electron chi connectivity index (χ2n) is 3.67. The molecule has 0 aliphatic rings. The van der Waals surface area contributed by atoms with Gasteiger partial charge in [-0.25, -0.2) is 0 Å². The molecular formula is C12H13ClN2OS. The van der Waals surface area contributed by atoms with E-state index in [-0.39, 0.29) is 0 Å². The first kappa shape index (κ1) is 12.5. The van der Waals surface area contributed by atoms with Crippen LogP contribution >= 0.6 is 22.9 Å². The molecule has 0 saturated carbocycles. The van der Waals surface area contributed by atoms with Gasteiger partial charge in [0.1, 0.15) is 0 Å². The summed E-state index contributed by atoms with van der Waals surface area (Å²) in [4.78, 5) is 5.15. The first-order valence-corrected chi connectivity index (χ1v) is 6.53. The fourth-order valence-corrected chi connectivity index (χ4v) is 2.15. The molecule has 1 aromatic carbocycles. The third-order valence-corrected chi connectivity index (χ3v) is 3.41. The molecule has 0 aliphatic heterocycles. The molecule has 2 aromatic rings. The van der Waals surface area contributed by atoms with Gasteiger partial charge >= 0.3 is 0 Å². The van der Waals surface area contributed by atoms with Crippen LogP contribution < -0.4 is 5.32 Å². The summed E-state index contributed by atoms with van der Waals surface area (Å²) >= 11 is 7.39. The molecule has 1 atom stereocenters. The second-order valence-corrected chi connectivity index (χ2v) is 5.07. The lowest BCUT2D eigenvalue weighted by Gasteiger charge is -2.11. The van der Waals surface area contributed by atoms with Gasteiger partial charge in [-0.1, -0.05) is 23.7 Å². The van der Waals surface area contributed by atoms with E-state index in [4.69, 9.17) is 11.6 Å². The van der Waals surface area contributed by atoms with E-state index in [1.165, 1.54) is 0 Å². The van der Waals surface area contributed by atoms with E-state index in [1.54, 1.807) is 29.0 Å². The Labute approximate surface area is 109 Å². The molecule has 0 aliphatic carbocycles. The maximum atomic E-state index is 9.92. The normalized spacial score (nSPS) is 12.6. The van der Waals surface area contributed by atoms with Crippen LogP contribution in [0.5, 0.6) is 0 Å². The number of thiazole rings is 1. The van der Waals surface area contributed by atoms with Crippen LogP contribution in [0.15, 0.2) is 36.0 Å². The highest BCUT2D eigenvalue weighted by Crippen LogP contribution is 2.16. The van der Waals surface area contributed by atoms with Crippen LogP contribution in [0.2, 0.25) is 5.02 Å². The highest BCUT2D eigenvalue weighted by molar-refractivity contribution is 7.09. The smallest absolute Gasteiger partial charge is 0.0914 e. The molecule has 2 rings (SSSR count). The van der Waals surface area contributed by atoms with Crippen molar-refractivity contribution in [3.63, 3.8) is 0 Å². The monoisotopic (exact) mass is 268 g/mol. The first-order valence-electron chi connectivity index (χ1n) is 5.27. The number of halogens is 1. The fourth-order valence-electron chi connectivity index (χ4n) is 1.46. The van der Waals surface area contributed by atoms with Crippen molar-refractivity contribution in [1.29, 1.82) is 0 Å². The van der Waals surface area contributed by atoms with Gasteiger partial charge in [0.25, 0.3) is 0 Å². The number of rotatable bonds is 5. The molecule has 0 saturated heterocycles. The minimum Gasteiger partial charge on any atom is -0.387 e. The van der Waals surface area contributed by atoms with Gasteiger partial charge in [-0.15, -0.1) is 11.3 Å². The van der Waals surface area contributed by atoms with E-state index in [0.717, 1.165) is 17.0 Å². The van der Waals surface area contributed by atoms with Crippen LogP contribution in [0.4, 0.5) is 0 Å². The zero-order chi connectivity index (χ0) is 12.1. The number of nitrogens with zero attached hydrogens (tertiary/aromatic N) is 1. The molecule has 3 nitrogen and oxygen atoms in total. The molecule has 90 valence electrons. The van der Waals surface area contributed by atoms with Crippen molar-refractivity contribution in [2.75, 3.05) is 6.54 Å². The molecule has 1 heterocycles. The predicted molar refractivity (Wildman–Crippen MR) is 70.2 cm³/mol. The van der Waals surface area contributed by atoms with Gasteiger partial charge in [-0.05, 0) is 17.7 Å². The molecule has 1 unspecified atom stereocenters. The lowest BCUT2D eigenvalue weighted by molar-refractivity contribution is 0.174. The third-order valence-electron chi connectivity index (χ3n) is 2.38. The third kappa shape index (κ3) is 3.78. The molecule has 5 heteroatoms. The lowest BCUT2D eigenvalue weighted by Crippen LogP contribution is -2.20. The zero-order valence-corrected chi connectivity index (χ0v) is 10.7. The van der Waals surface area contributed by atoms with E-state index in [1.807, 2.05) is 18.3 Å². The Morgan fingerprint density at radius 2 is 2.12 bits per heavy atom. The van der Waals surface area contributed by atoms with E-state index in [0.29, 0.717) is 11.6 Å². The van der Waals surface area contributed by atoms with Gasteiger partial charge in [-0.2, -0.15) is 0 Å². The summed E-state index contributed by atoms with van der Waals surface area (Å²) in [6, 6.07) is 7.23. The van der Waals surface area contributed by atoms with Crippen molar-refractivity contribution in [1.82, 2.24) is 10.3 Å². The van der Waals surface area contributed by atoms with Crippen LogP contribution in [0.1, 0.15) is 16.5 Å². The van der Waals surface area contributed by atoms with Crippen LogP contribution in [0.3, 0.4) is 0 Å². The van der Waals surface area contributed by atoms with Crippen molar-refractivity contribution in [3.05, 3.63) is 51.4 Å². The van der Waals surface area contributed by atoms with Crippen molar-refractivity contribution in [2.45, 2.75) is 12.6 Å². The number of aromatic nitrogens is 1. The van der Waals surface area contributed by atoms with Crippen molar-refractivity contribution in [3.8, 4) is 0 Å². The van der Waals surface area contributed by atoms with Crippen molar-refractivity contribution < 1.29 is 5.11 Å². The summed E-state index contributed by atoms with van der Waals surface area (Å²) in [5.41, 5.74) is 2.67. The van der Waals surface area contributed by atoms with E-state index >= 15 is 0 Å². The quantitative estimate of drug-likeness (QED) is 0.876. The molecule has 0 spiro atoms. The number of hydrogen-bond donors (Lipinski definition) is 2. The average Bonchev–Trinajstić information content (AvgIpc) is 2.83. The first-order chi connectivity index (χ1) is 8.25. The van der Waals surface area contributed by atoms with E-state index < -0.39 is 6.10 Å². The SMILES string of the molecule is OC(CNCc1cncs1)c1ccc(Cl)cc1. The Kier molecular flexibility index (Phi) is 4.50. The number of nitrogens with one attached hydrogen (secondary N) is 1.